The first-order valence-corrected chi connectivity index (χ1v) is 9.25. The zero-order valence-electron chi connectivity index (χ0n) is 15.1. The zero-order valence-corrected chi connectivity index (χ0v) is 16.0. The van der Waals surface area contributed by atoms with Crippen molar-refractivity contribution in [3.63, 3.8) is 0 Å². The fraction of sp³-hybridized carbons (Fsp3) is 0.632. The average molecular weight is 407 g/mol. The number of carbonyl (C=O) groups is 1. The molecule has 1 aromatic rings. The molecule has 1 aliphatic heterocycles. The quantitative estimate of drug-likeness (QED) is 0.746. The van der Waals surface area contributed by atoms with Crippen LogP contribution in [0, 0.1) is 5.92 Å². The summed E-state index contributed by atoms with van der Waals surface area (Å²) in [5, 5.41) is 3.57. The molecule has 2 aliphatic rings. The fourth-order valence-corrected chi connectivity index (χ4v) is 3.32. The second-order valence-corrected chi connectivity index (χ2v) is 7.16. The van der Waals surface area contributed by atoms with Crippen LogP contribution in [0.4, 0.5) is 13.2 Å². The number of benzene rings is 1. The van der Waals surface area contributed by atoms with Crippen molar-refractivity contribution >= 4 is 18.3 Å². The van der Waals surface area contributed by atoms with Crippen LogP contribution >= 0.6 is 12.4 Å². The van der Waals surface area contributed by atoms with Gasteiger partial charge in [0.15, 0.2) is 0 Å². The maximum Gasteiger partial charge on any atom is 0.573 e. The van der Waals surface area contributed by atoms with Gasteiger partial charge in [0.25, 0.3) is 0 Å². The summed E-state index contributed by atoms with van der Waals surface area (Å²) in [6.45, 7) is 2.50. The molecule has 0 spiro atoms. The molecule has 1 saturated carbocycles. The van der Waals surface area contributed by atoms with E-state index in [1.807, 2.05) is 4.90 Å². The number of hydrogen-bond acceptors (Lipinski definition) is 3. The molecule has 1 heterocycles. The number of halogens is 4. The van der Waals surface area contributed by atoms with Crippen molar-refractivity contribution < 1.29 is 22.7 Å². The van der Waals surface area contributed by atoms with Gasteiger partial charge in [0.2, 0.25) is 5.91 Å². The smallest absolute Gasteiger partial charge is 0.406 e. The Bertz CT molecular complexity index is 615. The normalized spacial score (nSPS) is 18.1. The number of nitrogens with zero attached hydrogens (tertiary/aromatic N) is 1. The third-order valence-corrected chi connectivity index (χ3v) is 5.05. The zero-order chi connectivity index (χ0) is 18.6. The van der Waals surface area contributed by atoms with Crippen LogP contribution in [0.1, 0.15) is 37.7 Å². The minimum absolute atomic E-state index is 0. The summed E-state index contributed by atoms with van der Waals surface area (Å²) in [6, 6.07) is 6.47. The number of amides is 1. The number of carbonyl (C=O) groups excluding carboxylic acids is 1. The van der Waals surface area contributed by atoms with Crippen LogP contribution in [0.3, 0.4) is 0 Å². The molecule has 0 unspecified atom stereocenters. The number of nitrogens with one attached hydrogen (secondary N) is 1. The maximum absolute atomic E-state index is 12.5. The van der Waals surface area contributed by atoms with Crippen LogP contribution in [0.5, 0.6) is 5.75 Å². The summed E-state index contributed by atoms with van der Waals surface area (Å²) in [4.78, 5) is 14.2. The molecular weight excluding hydrogens is 381 g/mol. The topological polar surface area (TPSA) is 41.6 Å². The van der Waals surface area contributed by atoms with E-state index >= 15 is 0 Å². The lowest BCUT2D eigenvalue weighted by Crippen LogP contribution is -2.45. The number of piperidine rings is 1. The molecule has 1 N–H and O–H groups in total. The molecule has 27 heavy (non-hydrogen) atoms. The highest BCUT2D eigenvalue weighted by atomic mass is 35.5. The number of para-hydroxylation sites is 1. The maximum atomic E-state index is 12.5. The van der Waals surface area contributed by atoms with Gasteiger partial charge < -0.3 is 15.0 Å². The summed E-state index contributed by atoms with van der Waals surface area (Å²) in [7, 11) is 0. The molecule has 0 atom stereocenters. The molecule has 4 nitrogen and oxygen atoms in total. The SMILES string of the molecule is Cl.O=C(CCc1ccccc1OC(F)(F)F)N1CCC(NCC2CC2)CC1. The first-order valence-electron chi connectivity index (χ1n) is 9.25. The van der Waals surface area contributed by atoms with Gasteiger partial charge >= 0.3 is 6.36 Å². The number of hydrogen-bond donors (Lipinski definition) is 1. The van der Waals surface area contributed by atoms with E-state index in [1.165, 1.54) is 25.0 Å². The molecule has 0 bridgehead atoms. The van der Waals surface area contributed by atoms with Gasteiger partial charge in [0.1, 0.15) is 5.75 Å². The Balaban J connectivity index is 0.00000261. The minimum Gasteiger partial charge on any atom is -0.406 e. The molecule has 1 aliphatic carbocycles. The van der Waals surface area contributed by atoms with Crippen LogP contribution in [0.15, 0.2) is 24.3 Å². The summed E-state index contributed by atoms with van der Waals surface area (Å²) in [6.07, 6.45) is 0.227. The van der Waals surface area contributed by atoms with Gasteiger partial charge in [-0.05, 0) is 56.2 Å². The molecule has 1 saturated heterocycles. The molecular formula is C19H26ClF3N2O2. The highest BCUT2D eigenvalue weighted by Crippen LogP contribution is 2.29. The predicted octanol–water partition coefficient (Wildman–Crippen LogP) is 3.93. The first kappa shape index (κ1) is 21.8. The molecule has 3 rings (SSSR count). The van der Waals surface area contributed by atoms with Gasteiger partial charge in [-0.2, -0.15) is 0 Å². The lowest BCUT2D eigenvalue weighted by Gasteiger charge is -2.32. The minimum atomic E-state index is -4.73. The summed E-state index contributed by atoms with van der Waals surface area (Å²) >= 11 is 0. The second kappa shape index (κ2) is 9.64. The van der Waals surface area contributed by atoms with Crippen molar-refractivity contribution in [2.45, 2.75) is 50.9 Å². The molecule has 0 aromatic heterocycles. The monoisotopic (exact) mass is 406 g/mol. The van der Waals surface area contributed by atoms with Gasteiger partial charge in [0.05, 0.1) is 0 Å². The van der Waals surface area contributed by atoms with E-state index in [9.17, 15) is 18.0 Å². The van der Waals surface area contributed by atoms with Crippen molar-refractivity contribution in [2.24, 2.45) is 5.92 Å². The Kier molecular flexibility index (Phi) is 7.79. The van der Waals surface area contributed by atoms with Crippen molar-refractivity contribution in [3.05, 3.63) is 29.8 Å². The van der Waals surface area contributed by atoms with E-state index in [2.05, 4.69) is 10.1 Å². The second-order valence-electron chi connectivity index (χ2n) is 7.16. The Labute approximate surface area is 163 Å². The lowest BCUT2D eigenvalue weighted by molar-refractivity contribution is -0.274. The molecule has 1 amide bonds. The Morgan fingerprint density at radius 3 is 2.44 bits per heavy atom. The predicted molar refractivity (Wildman–Crippen MR) is 99.0 cm³/mol. The third kappa shape index (κ3) is 7.22. The van der Waals surface area contributed by atoms with Gasteiger partial charge in [-0.3, -0.25) is 4.79 Å². The third-order valence-electron chi connectivity index (χ3n) is 5.05. The van der Waals surface area contributed by atoms with Gasteiger partial charge in [0, 0.05) is 25.6 Å². The molecule has 1 aromatic carbocycles. The van der Waals surface area contributed by atoms with E-state index in [0.29, 0.717) is 24.7 Å². The van der Waals surface area contributed by atoms with Crippen molar-refractivity contribution in [1.29, 1.82) is 0 Å². The summed E-state index contributed by atoms with van der Waals surface area (Å²) in [5.41, 5.74) is 0.402. The van der Waals surface area contributed by atoms with Gasteiger partial charge in [-0.25, -0.2) is 0 Å². The Hall–Kier alpha value is -1.47. The number of alkyl halides is 3. The summed E-state index contributed by atoms with van der Waals surface area (Å²) in [5.74, 6) is 0.608. The van der Waals surface area contributed by atoms with Crippen molar-refractivity contribution in [2.75, 3.05) is 19.6 Å². The molecule has 152 valence electrons. The number of likely N-dealkylation sites (tertiary alicyclic amines) is 1. The number of rotatable bonds is 7. The molecule has 0 radical (unpaired) electrons. The largest absolute Gasteiger partial charge is 0.573 e. The van der Waals surface area contributed by atoms with E-state index in [4.69, 9.17) is 0 Å². The molecule has 2 fully saturated rings. The Morgan fingerprint density at radius 1 is 1.15 bits per heavy atom. The fourth-order valence-electron chi connectivity index (χ4n) is 3.32. The average Bonchev–Trinajstić information content (AvgIpc) is 3.42. The van der Waals surface area contributed by atoms with E-state index < -0.39 is 6.36 Å². The van der Waals surface area contributed by atoms with E-state index in [0.717, 1.165) is 25.3 Å². The lowest BCUT2D eigenvalue weighted by atomic mass is 10.0. The van der Waals surface area contributed by atoms with E-state index in [1.54, 1.807) is 12.1 Å². The number of aryl methyl sites for hydroxylation is 1. The van der Waals surface area contributed by atoms with Crippen LogP contribution in [-0.4, -0.2) is 42.8 Å². The standard InChI is InChI=1S/C19H25F3N2O2.ClH/c20-19(21,22)26-17-4-2-1-3-15(17)7-8-18(25)24-11-9-16(10-12-24)23-13-14-5-6-14;/h1-4,14,16,23H,5-13H2;1H. The van der Waals surface area contributed by atoms with Crippen LogP contribution in [0.2, 0.25) is 0 Å². The van der Waals surface area contributed by atoms with Crippen molar-refractivity contribution in [3.8, 4) is 5.75 Å². The molecule has 8 heteroatoms. The van der Waals surface area contributed by atoms with Crippen molar-refractivity contribution in [1.82, 2.24) is 10.2 Å². The number of ether oxygens (including phenoxy) is 1. The first-order chi connectivity index (χ1) is 12.4. The Morgan fingerprint density at radius 2 is 1.81 bits per heavy atom. The summed E-state index contributed by atoms with van der Waals surface area (Å²) < 4.78 is 41.4. The van der Waals surface area contributed by atoms with Gasteiger partial charge in [-0.15, -0.1) is 25.6 Å². The van der Waals surface area contributed by atoms with Crippen LogP contribution in [0.25, 0.3) is 0 Å². The highest BCUT2D eigenvalue weighted by molar-refractivity contribution is 5.85. The van der Waals surface area contributed by atoms with Crippen LogP contribution in [-0.2, 0) is 11.2 Å². The highest BCUT2D eigenvalue weighted by Gasteiger charge is 2.32. The van der Waals surface area contributed by atoms with E-state index in [-0.39, 0.29) is 36.9 Å². The van der Waals surface area contributed by atoms with Crippen LogP contribution < -0.4 is 10.1 Å². The van der Waals surface area contributed by atoms with Gasteiger partial charge in [-0.1, -0.05) is 18.2 Å².